The Kier molecular flexibility index (Phi) is 4.54. The third kappa shape index (κ3) is 3.30. The molecular formula is C15H19ClN2OS. The van der Waals surface area contributed by atoms with Crippen LogP contribution in [0.3, 0.4) is 0 Å². The zero-order valence-corrected chi connectivity index (χ0v) is 12.9. The van der Waals surface area contributed by atoms with Crippen molar-refractivity contribution in [3.8, 4) is 0 Å². The summed E-state index contributed by atoms with van der Waals surface area (Å²) < 4.78 is 0. The van der Waals surface area contributed by atoms with Crippen LogP contribution in [-0.2, 0) is 4.79 Å². The van der Waals surface area contributed by atoms with Gasteiger partial charge in [-0.3, -0.25) is 4.79 Å². The van der Waals surface area contributed by atoms with E-state index in [-0.39, 0.29) is 5.91 Å². The Labute approximate surface area is 128 Å². The average molecular weight is 311 g/mol. The molecule has 3 nitrogen and oxygen atoms in total. The predicted molar refractivity (Wildman–Crippen MR) is 83.3 cm³/mol. The number of halogens is 1. The summed E-state index contributed by atoms with van der Waals surface area (Å²) in [6.45, 7) is 0.734. The molecule has 20 heavy (non-hydrogen) atoms. The number of carbonyl (C=O) groups is 1. The molecule has 2 aliphatic heterocycles. The van der Waals surface area contributed by atoms with E-state index in [1.165, 1.54) is 16.9 Å². The molecule has 5 heteroatoms. The Morgan fingerprint density at radius 2 is 2.25 bits per heavy atom. The highest BCUT2D eigenvalue weighted by molar-refractivity contribution is 7.99. The van der Waals surface area contributed by atoms with Crippen molar-refractivity contribution in [3.63, 3.8) is 0 Å². The number of nitrogens with one attached hydrogen (secondary N) is 2. The van der Waals surface area contributed by atoms with Gasteiger partial charge in [-0.1, -0.05) is 11.6 Å². The van der Waals surface area contributed by atoms with Gasteiger partial charge in [0.25, 0.3) is 0 Å². The predicted octanol–water partition coefficient (Wildman–Crippen LogP) is 3.14. The van der Waals surface area contributed by atoms with E-state index in [2.05, 4.69) is 22.8 Å². The molecule has 0 saturated carbocycles. The van der Waals surface area contributed by atoms with Crippen LogP contribution in [0.4, 0.5) is 0 Å². The highest BCUT2D eigenvalue weighted by Crippen LogP contribution is 2.36. The minimum absolute atomic E-state index is 0.169. The van der Waals surface area contributed by atoms with Gasteiger partial charge in [-0.05, 0) is 48.8 Å². The van der Waals surface area contributed by atoms with Crippen molar-refractivity contribution in [2.45, 2.75) is 42.7 Å². The Morgan fingerprint density at radius 3 is 3.05 bits per heavy atom. The molecule has 0 unspecified atom stereocenters. The monoisotopic (exact) mass is 310 g/mol. The molecule has 2 heterocycles. The number of amides is 1. The maximum absolute atomic E-state index is 11.2. The molecule has 2 N–H and O–H groups in total. The first-order valence-electron chi connectivity index (χ1n) is 7.17. The van der Waals surface area contributed by atoms with Crippen molar-refractivity contribution >= 4 is 29.3 Å². The lowest BCUT2D eigenvalue weighted by Crippen LogP contribution is -2.46. The fourth-order valence-corrected chi connectivity index (χ4v) is 4.12. The van der Waals surface area contributed by atoms with Gasteiger partial charge >= 0.3 is 0 Å². The fraction of sp³-hybridized carbons (Fsp3) is 0.533. The Balaban J connectivity index is 1.76. The molecule has 2 aliphatic rings. The van der Waals surface area contributed by atoms with E-state index in [4.69, 9.17) is 11.6 Å². The fourth-order valence-electron chi connectivity index (χ4n) is 2.88. The van der Waals surface area contributed by atoms with Gasteiger partial charge < -0.3 is 10.6 Å². The molecule has 0 radical (unpaired) electrons. The summed E-state index contributed by atoms with van der Waals surface area (Å²) >= 11 is 8.08. The summed E-state index contributed by atoms with van der Waals surface area (Å²) in [6, 6.07) is 6.90. The van der Waals surface area contributed by atoms with E-state index in [9.17, 15) is 4.79 Å². The third-order valence-electron chi connectivity index (χ3n) is 3.94. The SMILES string of the molecule is O=C1CC[C@H](N[C@@H]2CCCSc3ccc(Cl)cc32)CN1. The van der Waals surface area contributed by atoms with Gasteiger partial charge in [0, 0.05) is 35.0 Å². The highest BCUT2D eigenvalue weighted by Gasteiger charge is 2.24. The van der Waals surface area contributed by atoms with Crippen LogP contribution in [0.5, 0.6) is 0 Å². The van der Waals surface area contributed by atoms with Crippen LogP contribution in [0.2, 0.25) is 5.02 Å². The lowest BCUT2D eigenvalue weighted by atomic mass is 9.99. The van der Waals surface area contributed by atoms with E-state index in [1.807, 2.05) is 17.8 Å². The van der Waals surface area contributed by atoms with Gasteiger partial charge in [0.1, 0.15) is 0 Å². The number of thioether (sulfide) groups is 1. The Bertz CT molecular complexity index is 499. The van der Waals surface area contributed by atoms with Crippen molar-refractivity contribution < 1.29 is 4.79 Å². The lowest BCUT2D eigenvalue weighted by molar-refractivity contribution is -0.122. The Morgan fingerprint density at radius 1 is 1.35 bits per heavy atom. The van der Waals surface area contributed by atoms with E-state index in [0.717, 1.165) is 30.2 Å². The summed E-state index contributed by atoms with van der Waals surface area (Å²) in [4.78, 5) is 12.6. The van der Waals surface area contributed by atoms with Crippen LogP contribution in [-0.4, -0.2) is 24.2 Å². The molecule has 108 valence electrons. The maximum Gasteiger partial charge on any atom is 0.220 e. The molecule has 2 atom stereocenters. The van der Waals surface area contributed by atoms with Crippen molar-refractivity contribution in [3.05, 3.63) is 28.8 Å². The van der Waals surface area contributed by atoms with Crippen molar-refractivity contribution in [2.24, 2.45) is 0 Å². The van der Waals surface area contributed by atoms with Crippen LogP contribution < -0.4 is 10.6 Å². The molecule has 1 amide bonds. The van der Waals surface area contributed by atoms with Gasteiger partial charge in [0.05, 0.1) is 0 Å². The number of fused-ring (bicyclic) bond motifs is 1. The van der Waals surface area contributed by atoms with E-state index in [1.54, 1.807) is 0 Å². The lowest BCUT2D eigenvalue weighted by Gasteiger charge is -2.29. The van der Waals surface area contributed by atoms with Gasteiger partial charge in [0.15, 0.2) is 0 Å². The second-order valence-electron chi connectivity index (χ2n) is 5.43. The van der Waals surface area contributed by atoms with Crippen LogP contribution in [0.25, 0.3) is 0 Å². The standard InChI is InChI=1S/C15H19ClN2OS/c16-10-3-5-14-12(8-10)13(2-1-7-20-14)18-11-4-6-15(19)17-9-11/h3,5,8,11,13,18H,1-2,4,6-7,9H2,(H,17,19)/t11-,13+/m0/s1. The van der Waals surface area contributed by atoms with Crippen LogP contribution in [0.1, 0.15) is 37.3 Å². The number of hydrogen-bond donors (Lipinski definition) is 2. The summed E-state index contributed by atoms with van der Waals surface area (Å²) in [7, 11) is 0. The number of hydrogen-bond acceptors (Lipinski definition) is 3. The maximum atomic E-state index is 11.2. The van der Waals surface area contributed by atoms with Crippen LogP contribution >= 0.6 is 23.4 Å². The molecular weight excluding hydrogens is 292 g/mol. The molecule has 0 bridgehead atoms. The van der Waals surface area contributed by atoms with E-state index in [0.29, 0.717) is 18.5 Å². The van der Waals surface area contributed by atoms with Gasteiger partial charge in [0.2, 0.25) is 5.91 Å². The van der Waals surface area contributed by atoms with E-state index >= 15 is 0 Å². The van der Waals surface area contributed by atoms with Gasteiger partial charge in [-0.2, -0.15) is 0 Å². The zero-order chi connectivity index (χ0) is 13.9. The molecule has 1 fully saturated rings. The highest BCUT2D eigenvalue weighted by atomic mass is 35.5. The first-order valence-corrected chi connectivity index (χ1v) is 8.54. The van der Waals surface area contributed by atoms with Crippen LogP contribution in [0.15, 0.2) is 23.1 Å². The zero-order valence-electron chi connectivity index (χ0n) is 11.3. The summed E-state index contributed by atoms with van der Waals surface area (Å²) in [5.41, 5.74) is 1.32. The summed E-state index contributed by atoms with van der Waals surface area (Å²) in [6.07, 6.45) is 3.88. The minimum atomic E-state index is 0.169. The number of piperidine rings is 1. The summed E-state index contributed by atoms with van der Waals surface area (Å²) in [5, 5.41) is 7.46. The average Bonchev–Trinajstić information content (AvgIpc) is 2.64. The Hall–Kier alpha value is -0.710. The third-order valence-corrected chi connectivity index (χ3v) is 5.36. The molecule has 0 spiro atoms. The largest absolute Gasteiger partial charge is 0.355 e. The second kappa shape index (κ2) is 6.37. The molecule has 1 aromatic rings. The molecule has 1 saturated heterocycles. The van der Waals surface area contributed by atoms with E-state index < -0.39 is 0 Å². The second-order valence-corrected chi connectivity index (χ2v) is 7.00. The number of benzene rings is 1. The quantitative estimate of drug-likeness (QED) is 0.882. The topological polar surface area (TPSA) is 41.1 Å². The molecule has 0 aromatic heterocycles. The molecule has 3 rings (SSSR count). The first kappa shape index (κ1) is 14.2. The van der Waals surface area contributed by atoms with Crippen molar-refractivity contribution in [2.75, 3.05) is 12.3 Å². The van der Waals surface area contributed by atoms with Gasteiger partial charge in [-0.25, -0.2) is 0 Å². The summed E-state index contributed by atoms with van der Waals surface area (Å²) in [5.74, 6) is 1.33. The molecule has 1 aromatic carbocycles. The first-order chi connectivity index (χ1) is 9.72. The number of rotatable bonds is 2. The normalized spacial score (nSPS) is 26.6. The minimum Gasteiger partial charge on any atom is -0.355 e. The smallest absolute Gasteiger partial charge is 0.220 e. The van der Waals surface area contributed by atoms with Crippen molar-refractivity contribution in [1.82, 2.24) is 10.6 Å². The number of carbonyl (C=O) groups excluding carboxylic acids is 1. The van der Waals surface area contributed by atoms with Crippen molar-refractivity contribution in [1.29, 1.82) is 0 Å². The molecule has 0 aliphatic carbocycles. The van der Waals surface area contributed by atoms with Gasteiger partial charge in [-0.15, -0.1) is 11.8 Å². The van der Waals surface area contributed by atoms with Crippen LogP contribution in [0, 0.1) is 0 Å².